The highest BCUT2D eigenvalue weighted by Gasteiger charge is 2.47. The van der Waals surface area contributed by atoms with Gasteiger partial charge in [-0.15, -0.1) is 0 Å². The number of aromatic nitrogens is 2. The lowest BCUT2D eigenvalue weighted by Crippen LogP contribution is -2.37. The lowest BCUT2D eigenvalue weighted by molar-refractivity contribution is -0.203. The van der Waals surface area contributed by atoms with Crippen LogP contribution in [-0.4, -0.2) is 48.1 Å². The molecular weight excluding hydrogens is 387 g/mol. The molecule has 2 aliphatic heterocycles. The van der Waals surface area contributed by atoms with Gasteiger partial charge in [0.2, 0.25) is 10.7 Å². The summed E-state index contributed by atoms with van der Waals surface area (Å²) < 4.78 is 44.1. The molecule has 0 spiro atoms. The number of aryl methyl sites for hydroxylation is 2. The molecule has 1 aromatic carbocycles. The second-order valence-electron chi connectivity index (χ2n) is 6.73. The topological polar surface area (TPSA) is 64.0 Å². The van der Waals surface area contributed by atoms with Crippen molar-refractivity contribution in [2.75, 3.05) is 20.2 Å². The molecule has 0 bridgehead atoms. The van der Waals surface area contributed by atoms with Gasteiger partial charge in [0, 0.05) is 12.3 Å². The fraction of sp³-hybridized carbons (Fsp3) is 0.474. The SMILES string of the molecule is Cc1cccc(C)c1Oc1ccn([C@@H]2O[C@@H]3COCOCOC3[C@@H]2F)c(=S)n1. The van der Waals surface area contributed by atoms with Gasteiger partial charge in [-0.05, 0) is 37.2 Å². The number of nitrogens with zero attached hydrogens (tertiary/aromatic N) is 2. The molecule has 0 saturated carbocycles. The molecule has 0 aliphatic carbocycles. The minimum Gasteiger partial charge on any atom is -0.438 e. The molecule has 2 saturated heterocycles. The van der Waals surface area contributed by atoms with Gasteiger partial charge in [0.05, 0.1) is 6.61 Å². The van der Waals surface area contributed by atoms with E-state index in [1.165, 1.54) is 4.57 Å². The van der Waals surface area contributed by atoms with E-state index in [1.54, 1.807) is 12.3 Å². The van der Waals surface area contributed by atoms with Crippen LogP contribution in [0.25, 0.3) is 0 Å². The smallest absolute Gasteiger partial charge is 0.223 e. The average Bonchev–Trinajstić information content (AvgIpc) is 2.93. The van der Waals surface area contributed by atoms with E-state index in [2.05, 4.69) is 4.98 Å². The highest BCUT2D eigenvalue weighted by molar-refractivity contribution is 7.71. The summed E-state index contributed by atoms with van der Waals surface area (Å²) in [5.74, 6) is 1.07. The molecule has 2 aromatic rings. The fourth-order valence-corrected chi connectivity index (χ4v) is 3.60. The third-order valence-electron chi connectivity index (χ3n) is 4.75. The van der Waals surface area contributed by atoms with E-state index < -0.39 is 24.6 Å². The van der Waals surface area contributed by atoms with E-state index in [0.29, 0.717) is 5.88 Å². The lowest BCUT2D eigenvalue weighted by Gasteiger charge is -2.22. The highest BCUT2D eigenvalue weighted by atomic mass is 32.1. The summed E-state index contributed by atoms with van der Waals surface area (Å²) in [6, 6.07) is 7.51. The van der Waals surface area contributed by atoms with Crippen molar-refractivity contribution in [1.82, 2.24) is 9.55 Å². The zero-order chi connectivity index (χ0) is 19.7. The summed E-state index contributed by atoms with van der Waals surface area (Å²) in [6.45, 7) is 4.12. The van der Waals surface area contributed by atoms with E-state index in [-0.39, 0.29) is 25.0 Å². The van der Waals surface area contributed by atoms with Gasteiger partial charge in [-0.2, -0.15) is 4.98 Å². The van der Waals surface area contributed by atoms with Crippen molar-refractivity contribution < 1.29 is 28.1 Å². The molecule has 2 aliphatic rings. The van der Waals surface area contributed by atoms with Crippen LogP contribution in [0.1, 0.15) is 17.4 Å². The van der Waals surface area contributed by atoms with E-state index in [9.17, 15) is 4.39 Å². The Morgan fingerprint density at radius 2 is 1.96 bits per heavy atom. The van der Waals surface area contributed by atoms with Gasteiger partial charge in [-0.25, -0.2) is 4.39 Å². The number of hydrogen-bond donors (Lipinski definition) is 0. The van der Waals surface area contributed by atoms with Crippen molar-refractivity contribution in [1.29, 1.82) is 0 Å². The summed E-state index contributed by atoms with van der Waals surface area (Å²) in [4.78, 5) is 4.30. The van der Waals surface area contributed by atoms with Gasteiger partial charge in [0.15, 0.2) is 12.4 Å². The monoisotopic (exact) mass is 408 g/mol. The van der Waals surface area contributed by atoms with Crippen LogP contribution in [0.3, 0.4) is 0 Å². The lowest BCUT2D eigenvalue weighted by atomic mass is 10.1. The summed E-state index contributed by atoms with van der Waals surface area (Å²) in [6.07, 6.45) is -2.11. The number of fused-ring (bicyclic) bond motifs is 1. The largest absolute Gasteiger partial charge is 0.438 e. The summed E-state index contributed by atoms with van der Waals surface area (Å²) >= 11 is 5.36. The molecular formula is C19H21FN2O5S. The summed E-state index contributed by atoms with van der Waals surface area (Å²) in [7, 11) is 0. The number of alkyl halides is 1. The zero-order valence-corrected chi connectivity index (χ0v) is 16.4. The van der Waals surface area contributed by atoms with Crippen molar-refractivity contribution in [3.8, 4) is 11.6 Å². The number of halogens is 1. The Hall–Kier alpha value is -1.91. The fourth-order valence-electron chi connectivity index (χ4n) is 3.35. The van der Waals surface area contributed by atoms with E-state index in [0.717, 1.165) is 16.9 Å². The van der Waals surface area contributed by atoms with Crippen molar-refractivity contribution in [2.24, 2.45) is 0 Å². The van der Waals surface area contributed by atoms with Crippen LogP contribution < -0.4 is 4.74 Å². The number of benzene rings is 1. The zero-order valence-electron chi connectivity index (χ0n) is 15.5. The number of ether oxygens (including phenoxy) is 5. The molecule has 2 fully saturated rings. The summed E-state index contributed by atoms with van der Waals surface area (Å²) in [5, 5.41) is 0. The first-order valence-corrected chi connectivity index (χ1v) is 9.35. The second-order valence-corrected chi connectivity index (χ2v) is 7.10. The maximum absolute atomic E-state index is 15.0. The quantitative estimate of drug-likeness (QED) is 0.719. The predicted molar refractivity (Wildman–Crippen MR) is 99.5 cm³/mol. The van der Waals surface area contributed by atoms with Gasteiger partial charge in [-0.3, -0.25) is 4.57 Å². The van der Waals surface area contributed by atoms with Gasteiger partial charge >= 0.3 is 0 Å². The van der Waals surface area contributed by atoms with E-state index in [1.807, 2.05) is 32.0 Å². The predicted octanol–water partition coefficient (Wildman–Crippen LogP) is 3.60. The summed E-state index contributed by atoms with van der Waals surface area (Å²) in [5.41, 5.74) is 1.98. The van der Waals surface area contributed by atoms with Crippen LogP contribution in [-0.2, 0) is 18.9 Å². The van der Waals surface area contributed by atoms with Gasteiger partial charge in [0.25, 0.3) is 0 Å². The first kappa shape index (κ1) is 19.4. The Bertz CT molecular complexity index is 888. The maximum Gasteiger partial charge on any atom is 0.223 e. The highest BCUT2D eigenvalue weighted by Crippen LogP contribution is 2.35. The first-order chi connectivity index (χ1) is 13.5. The molecule has 4 rings (SSSR count). The van der Waals surface area contributed by atoms with Crippen molar-refractivity contribution in [2.45, 2.75) is 38.5 Å². The van der Waals surface area contributed by atoms with Crippen molar-refractivity contribution in [3.05, 3.63) is 46.4 Å². The number of para-hydroxylation sites is 1. The molecule has 1 aromatic heterocycles. The Morgan fingerprint density at radius 3 is 2.71 bits per heavy atom. The van der Waals surface area contributed by atoms with Gasteiger partial charge < -0.3 is 23.7 Å². The van der Waals surface area contributed by atoms with Crippen molar-refractivity contribution >= 4 is 12.2 Å². The Morgan fingerprint density at radius 1 is 1.18 bits per heavy atom. The molecule has 9 heteroatoms. The van der Waals surface area contributed by atoms with Gasteiger partial charge in [0.1, 0.15) is 31.5 Å². The minimum absolute atomic E-state index is 0.0517. The van der Waals surface area contributed by atoms with Crippen LogP contribution >= 0.6 is 12.2 Å². The molecule has 28 heavy (non-hydrogen) atoms. The van der Waals surface area contributed by atoms with Gasteiger partial charge in [-0.1, -0.05) is 18.2 Å². The molecule has 4 atom stereocenters. The van der Waals surface area contributed by atoms with Crippen LogP contribution in [0, 0.1) is 18.6 Å². The normalized spacial score (nSPS) is 27.7. The number of hydrogen-bond acceptors (Lipinski definition) is 7. The molecule has 1 unspecified atom stereocenters. The number of rotatable bonds is 3. The van der Waals surface area contributed by atoms with Crippen LogP contribution in [0.15, 0.2) is 30.5 Å². The Balaban J connectivity index is 1.56. The Kier molecular flexibility index (Phi) is 5.70. The van der Waals surface area contributed by atoms with E-state index in [4.69, 9.17) is 35.9 Å². The molecule has 3 heterocycles. The average molecular weight is 408 g/mol. The third kappa shape index (κ3) is 3.81. The molecule has 0 N–H and O–H groups in total. The maximum atomic E-state index is 15.0. The van der Waals surface area contributed by atoms with Crippen LogP contribution in [0.5, 0.6) is 11.6 Å². The molecule has 0 radical (unpaired) electrons. The molecule has 7 nitrogen and oxygen atoms in total. The standard InChI is InChI=1S/C19H21FN2O5S/c1-11-4-3-5-12(2)16(11)27-14-6-7-22(19(28)21-14)18-15(20)17-13(26-18)8-23-9-24-10-25-17/h3-7,13,15,17-18H,8-10H2,1-2H3/t13-,15+,17?,18-/m1/s1. The third-order valence-corrected chi connectivity index (χ3v) is 5.06. The first-order valence-electron chi connectivity index (χ1n) is 8.94. The van der Waals surface area contributed by atoms with Crippen LogP contribution in [0.4, 0.5) is 4.39 Å². The van der Waals surface area contributed by atoms with E-state index >= 15 is 0 Å². The Labute approximate surface area is 167 Å². The molecule has 0 amide bonds. The van der Waals surface area contributed by atoms with Crippen LogP contribution in [0.2, 0.25) is 0 Å². The second kappa shape index (κ2) is 8.22. The van der Waals surface area contributed by atoms with Crippen molar-refractivity contribution in [3.63, 3.8) is 0 Å². The minimum atomic E-state index is -1.44. The molecule has 150 valence electrons.